The molecule has 4 nitrogen and oxygen atoms in total. The fourth-order valence-electron chi connectivity index (χ4n) is 1.53. The summed E-state index contributed by atoms with van der Waals surface area (Å²) in [5.74, 6) is 0.224. The Morgan fingerprint density at radius 2 is 2.24 bits per heavy atom. The average molecular weight is 234 g/mol. The number of aromatic amines is 1. The Hall–Kier alpha value is -2.17. The van der Waals surface area contributed by atoms with Gasteiger partial charge >= 0.3 is 0 Å². The second-order valence-electron chi connectivity index (χ2n) is 3.56. The first kappa shape index (κ1) is 11.3. The molecule has 2 aromatic rings. The van der Waals surface area contributed by atoms with Crippen molar-refractivity contribution < 1.29 is 13.9 Å². The van der Waals surface area contributed by atoms with Gasteiger partial charge in [-0.1, -0.05) is 0 Å². The molecule has 1 heterocycles. The number of H-pyrrole nitrogens is 1. The first-order chi connectivity index (χ1) is 8.15. The van der Waals surface area contributed by atoms with Gasteiger partial charge in [0.25, 0.3) is 0 Å². The van der Waals surface area contributed by atoms with E-state index in [1.807, 2.05) is 0 Å². The van der Waals surface area contributed by atoms with E-state index in [-0.39, 0.29) is 5.75 Å². The van der Waals surface area contributed by atoms with Gasteiger partial charge in [0.05, 0.1) is 7.11 Å². The van der Waals surface area contributed by atoms with Crippen molar-refractivity contribution in [2.45, 2.75) is 6.92 Å². The largest absolute Gasteiger partial charge is 0.494 e. The first-order valence-electron chi connectivity index (χ1n) is 5.01. The molecule has 0 aliphatic rings. The van der Waals surface area contributed by atoms with E-state index in [9.17, 15) is 9.18 Å². The molecule has 0 aliphatic carbocycles. The number of nitrogens with one attached hydrogen (secondary N) is 1. The number of hydrogen-bond acceptors (Lipinski definition) is 3. The summed E-state index contributed by atoms with van der Waals surface area (Å²) in [5.41, 5.74) is 1.70. The number of carbonyl (C=O) groups excluding carboxylic acids is 1. The number of carbonyl (C=O) groups is 1. The lowest BCUT2D eigenvalue weighted by Crippen LogP contribution is -1.89. The number of methoxy groups -OCH3 is 1. The Balaban J connectivity index is 2.48. The van der Waals surface area contributed by atoms with E-state index in [2.05, 4.69) is 9.97 Å². The standard InChI is InChI=1S/C12H11FN2O2/c1-7-10(6-16)15-12(14-7)8-3-4-9(13)11(5-8)17-2/h3-6H,1-2H3,(H,14,15). The highest BCUT2D eigenvalue weighted by atomic mass is 19.1. The van der Waals surface area contributed by atoms with Crippen LogP contribution in [0.3, 0.4) is 0 Å². The van der Waals surface area contributed by atoms with Gasteiger partial charge in [0.15, 0.2) is 17.9 Å². The third kappa shape index (κ3) is 2.04. The molecule has 0 atom stereocenters. The third-order valence-electron chi connectivity index (χ3n) is 2.46. The highest BCUT2D eigenvalue weighted by Gasteiger charge is 2.10. The molecule has 0 radical (unpaired) electrons. The topological polar surface area (TPSA) is 55.0 Å². The lowest BCUT2D eigenvalue weighted by Gasteiger charge is -2.03. The number of aryl methyl sites for hydroxylation is 1. The number of nitrogens with zero attached hydrogens (tertiary/aromatic N) is 1. The maximum Gasteiger partial charge on any atom is 0.170 e. The predicted molar refractivity (Wildman–Crippen MR) is 60.7 cm³/mol. The van der Waals surface area contributed by atoms with Crippen molar-refractivity contribution in [2.75, 3.05) is 7.11 Å². The number of rotatable bonds is 3. The summed E-state index contributed by atoms with van der Waals surface area (Å²) in [7, 11) is 1.40. The molecule has 88 valence electrons. The van der Waals surface area contributed by atoms with E-state index in [4.69, 9.17) is 4.74 Å². The summed E-state index contributed by atoms with van der Waals surface area (Å²) in [6, 6.07) is 4.40. The normalized spacial score (nSPS) is 10.3. The summed E-state index contributed by atoms with van der Waals surface area (Å²) >= 11 is 0. The molecule has 0 spiro atoms. The molecule has 2 rings (SSSR count). The molecule has 0 amide bonds. The second-order valence-corrected chi connectivity index (χ2v) is 3.56. The lowest BCUT2D eigenvalue weighted by atomic mass is 10.2. The number of ether oxygens (including phenoxy) is 1. The molecular weight excluding hydrogens is 223 g/mol. The van der Waals surface area contributed by atoms with E-state index in [0.29, 0.717) is 29.1 Å². The fraction of sp³-hybridized carbons (Fsp3) is 0.167. The zero-order valence-corrected chi connectivity index (χ0v) is 9.45. The van der Waals surface area contributed by atoms with Crippen LogP contribution in [-0.4, -0.2) is 23.4 Å². The fourth-order valence-corrected chi connectivity index (χ4v) is 1.53. The van der Waals surface area contributed by atoms with Crippen LogP contribution in [0.25, 0.3) is 11.4 Å². The first-order valence-corrected chi connectivity index (χ1v) is 5.01. The van der Waals surface area contributed by atoms with Crippen molar-refractivity contribution in [2.24, 2.45) is 0 Å². The average Bonchev–Trinajstić information content (AvgIpc) is 2.71. The third-order valence-corrected chi connectivity index (χ3v) is 2.46. The van der Waals surface area contributed by atoms with Gasteiger partial charge in [0.2, 0.25) is 0 Å². The summed E-state index contributed by atoms with van der Waals surface area (Å²) in [6.07, 6.45) is 0.677. The minimum Gasteiger partial charge on any atom is -0.494 e. The SMILES string of the molecule is COc1cc(-c2nc(C=O)c(C)[nH]2)ccc1F. The Labute approximate surface area is 97.5 Å². The number of aromatic nitrogens is 2. The molecule has 5 heteroatoms. The molecule has 0 aliphatic heterocycles. The van der Waals surface area contributed by atoms with Crippen LogP contribution in [0.4, 0.5) is 4.39 Å². The van der Waals surface area contributed by atoms with Crippen LogP contribution < -0.4 is 4.74 Å². The molecule has 0 fully saturated rings. The van der Waals surface area contributed by atoms with Crippen LogP contribution in [0.15, 0.2) is 18.2 Å². The Morgan fingerprint density at radius 1 is 1.47 bits per heavy atom. The number of aldehydes is 1. The van der Waals surface area contributed by atoms with Crippen LogP contribution in [0.2, 0.25) is 0 Å². The highest BCUT2D eigenvalue weighted by Crippen LogP contribution is 2.24. The van der Waals surface area contributed by atoms with E-state index >= 15 is 0 Å². The lowest BCUT2D eigenvalue weighted by molar-refractivity contribution is 0.111. The van der Waals surface area contributed by atoms with E-state index in [0.717, 1.165) is 0 Å². The monoisotopic (exact) mass is 234 g/mol. The van der Waals surface area contributed by atoms with Gasteiger partial charge in [-0.05, 0) is 25.1 Å². The Bertz CT molecular complexity index is 564. The highest BCUT2D eigenvalue weighted by molar-refractivity contribution is 5.75. The number of benzene rings is 1. The van der Waals surface area contributed by atoms with Gasteiger partial charge in [-0.3, -0.25) is 4.79 Å². The van der Waals surface area contributed by atoms with Gasteiger partial charge < -0.3 is 9.72 Å². The van der Waals surface area contributed by atoms with Crippen LogP contribution in [0.5, 0.6) is 5.75 Å². The Kier molecular flexibility index (Phi) is 2.91. The molecule has 1 N–H and O–H groups in total. The maximum atomic E-state index is 13.2. The number of imidazole rings is 1. The van der Waals surface area contributed by atoms with E-state index in [1.165, 1.54) is 19.2 Å². The maximum absolute atomic E-state index is 13.2. The molecule has 17 heavy (non-hydrogen) atoms. The molecule has 0 saturated carbocycles. The molecule has 1 aromatic heterocycles. The minimum absolute atomic E-state index is 0.143. The number of hydrogen-bond donors (Lipinski definition) is 1. The van der Waals surface area contributed by atoms with Crippen molar-refractivity contribution in [1.29, 1.82) is 0 Å². The zero-order valence-electron chi connectivity index (χ0n) is 9.45. The minimum atomic E-state index is -0.435. The predicted octanol–water partition coefficient (Wildman–Crippen LogP) is 2.35. The quantitative estimate of drug-likeness (QED) is 0.829. The van der Waals surface area contributed by atoms with Gasteiger partial charge in [-0.15, -0.1) is 0 Å². The van der Waals surface area contributed by atoms with Crippen molar-refractivity contribution in [1.82, 2.24) is 9.97 Å². The smallest absolute Gasteiger partial charge is 0.170 e. The molecule has 0 unspecified atom stereocenters. The second kappa shape index (κ2) is 4.37. The van der Waals surface area contributed by atoms with Crippen LogP contribution in [0.1, 0.15) is 16.2 Å². The van der Waals surface area contributed by atoms with Gasteiger partial charge in [-0.2, -0.15) is 0 Å². The van der Waals surface area contributed by atoms with Crippen molar-refractivity contribution in [3.63, 3.8) is 0 Å². The molecule has 0 bridgehead atoms. The summed E-state index contributed by atoms with van der Waals surface area (Å²) < 4.78 is 18.1. The van der Waals surface area contributed by atoms with Crippen LogP contribution in [0, 0.1) is 12.7 Å². The Morgan fingerprint density at radius 3 is 2.82 bits per heavy atom. The van der Waals surface area contributed by atoms with Gasteiger partial charge in [0.1, 0.15) is 11.5 Å². The molecular formula is C12H11FN2O2. The van der Waals surface area contributed by atoms with Gasteiger partial charge in [-0.25, -0.2) is 9.37 Å². The van der Waals surface area contributed by atoms with E-state index < -0.39 is 5.82 Å². The summed E-state index contributed by atoms with van der Waals surface area (Å²) in [6.45, 7) is 1.75. The van der Waals surface area contributed by atoms with Crippen molar-refractivity contribution in [3.8, 4) is 17.1 Å². The molecule has 0 saturated heterocycles. The van der Waals surface area contributed by atoms with E-state index in [1.54, 1.807) is 13.0 Å². The van der Waals surface area contributed by atoms with Crippen molar-refractivity contribution in [3.05, 3.63) is 35.4 Å². The van der Waals surface area contributed by atoms with Crippen LogP contribution >= 0.6 is 0 Å². The summed E-state index contributed by atoms with van der Waals surface area (Å²) in [5, 5.41) is 0. The number of halogens is 1. The molecule has 1 aromatic carbocycles. The zero-order chi connectivity index (χ0) is 12.4. The van der Waals surface area contributed by atoms with Gasteiger partial charge in [0, 0.05) is 11.3 Å². The van der Waals surface area contributed by atoms with Crippen molar-refractivity contribution >= 4 is 6.29 Å². The summed E-state index contributed by atoms with van der Waals surface area (Å²) in [4.78, 5) is 17.7. The van der Waals surface area contributed by atoms with Crippen LogP contribution in [-0.2, 0) is 0 Å².